The van der Waals surface area contributed by atoms with Gasteiger partial charge in [-0.25, -0.2) is 0 Å². The molecular formula is C22H32N2O2S. The number of piperidine rings is 1. The predicted molar refractivity (Wildman–Crippen MR) is 114 cm³/mol. The molecule has 0 bridgehead atoms. The molecule has 27 heavy (non-hydrogen) atoms. The quantitative estimate of drug-likeness (QED) is 0.685. The Morgan fingerprint density at radius 1 is 1.33 bits per heavy atom. The van der Waals surface area contributed by atoms with Crippen molar-refractivity contribution in [2.75, 3.05) is 33.4 Å². The second-order valence-electron chi connectivity index (χ2n) is 7.90. The Bertz CT molecular complexity index is 756. The maximum absolute atomic E-state index is 12.8. The molecule has 0 spiro atoms. The van der Waals surface area contributed by atoms with Gasteiger partial charge in [-0.15, -0.1) is 11.3 Å². The van der Waals surface area contributed by atoms with Crippen LogP contribution < -0.4 is 5.32 Å². The maximum Gasteiger partial charge on any atom is 0.261 e. The van der Waals surface area contributed by atoms with Crippen molar-refractivity contribution in [3.8, 4) is 0 Å². The van der Waals surface area contributed by atoms with Gasteiger partial charge in [0.1, 0.15) is 0 Å². The van der Waals surface area contributed by atoms with Crippen LogP contribution in [0.15, 0.2) is 24.3 Å². The molecule has 1 aromatic heterocycles. The molecule has 0 unspecified atom stereocenters. The molecule has 0 aliphatic carbocycles. The van der Waals surface area contributed by atoms with Gasteiger partial charge in [-0.2, -0.15) is 0 Å². The summed E-state index contributed by atoms with van der Waals surface area (Å²) in [6, 6.07) is 8.97. The zero-order valence-electron chi connectivity index (χ0n) is 16.8. The first-order valence-corrected chi connectivity index (χ1v) is 10.9. The van der Waals surface area contributed by atoms with E-state index >= 15 is 0 Å². The molecule has 0 saturated carbocycles. The van der Waals surface area contributed by atoms with Gasteiger partial charge >= 0.3 is 0 Å². The molecule has 1 fully saturated rings. The van der Waals surface area contributed by atoms with E-state index in [9.17, 15) is 4.79 Å². The van der Waals surface area contributed by atoms with Crippen LogP contribution in [0.5, 0.6) is 0 Å². The van der Waals surface area contributed by atoms with Gasteiger partial charge in [-0.05, 0) is 48.7 Å². The van der Waals surface area contributed by atoms with E-state index in [1.165, 1.54) is 41.5 Å². The van der Waals surface area contributed by atoms with Crippen LogP contribution in [-0.4, -0.2) is 50.2 Å². The lowest BCUT2D eigenvalue weighted by molar-refractivity contribution is 0.0938. The number of hydrogen-bond donors (Lipinski definition) is 1. The van der Waals surface area contributed by atoms with Crippen LogP contribution >= 0.6 is 11.3 Å². The molecule has 1 N–H and O–H groups in total. The number of methoxy groups -OCH3 is 1. The molecular weight excluding hydrogens is 356 g/mol. The van der Waals surface area contributed by atoms with Gasteiger partial charge in [0.2, 0.25) is 0 Å². The van der Waals surface area contributed by atoms with Crippen LogP contribution in [0.4, 0.5) is 0 Å². The van der Waals surface area contributed by atoms with E-state index in [-0.39, 0.29) is 5.91 Å². The molecule has 1 saturated heterocycles. The summed E-state index contributed by atoms with van der Waals surface area (Å²) in [5.74, 6) is 0.705. The number of carbonyl (C=O) groups is 1. The largest absolute Gasteiger partial charge is 0.383 e. The number of likely N-dealkylation sites (tertiary alicyclic amines) is 1. The predicted octanol–water partition coefficient (Wildman–Crippen LogP) is 4.33. The fraction of sp³-hybridized carbons (Fsp3) is 0.591. The summed E-state index contributed by atoms with van der Waals surface area (Å²) in [7, 11) is 1.66. The SMILES string of the molecule is COCCNC(=O)c1sc2ccccc2c1C[C@H]1CCCCN1CC(C)C. The molecule has 148 valence electrons. The maximum atomic E-state index is 12.8. The summed E-state index contributed by atoms with van der Waals surface area (Å²) < 4.78 is 6.28. The van der Waals surface area contributed by atoms with E-state index in [4.69, 9.17) is 4.74 Å². The summed E-state index contributed by atoms with van der Waals surface area (Å²) in [4.78, 5) is 16.4. The monoisotopic (exact) mass is 388 g/mol. The summed E-state index contributed by atoms with van der Waals surface area (Å²) in [5.41, 5.74) is 1.23. The third-order valence-corrected chi connectivity index (χ3v) is 6.50. The third kappa shape index (κ3) is 5.09. The van der Waals surface area contributed by atoms with Gasteiger partial charge in [0, 0.05) is 30.9 Å². The van der Waals surface area contributed by atoms with E-state index in [0.717, 1.165) is 17.8 Å². The van der Waals surface area contributed by atoms with Gasteiger partial charge in [0.25, 0.3) is 5.91 Å². The molecule has 1 amide bonds. The third-order valence-electron chi connectivity index (χ3n) is 5.28. The van der Waals surface area contributed by atoms with Crippen molar-refractivity contribution in [1.82, 2.24) is 10.2 Å². The molecule has 2 aromatic rings. The van der Waals surface area contributed by atoms with E-state index in [1.807, 2.05) is 0 Å². The van der Waals surface area contributed by atoms with Gasteiger partial charge in [-0.3, -0.25) is 9.69 Å². The zero-order valence-corrected chi connectivity index (χ0v) is 17.6. The van der Waals surface area contributed by atoms with Crippen molar-refractivity contribution in [3.63, 3.8) is 0 Å². The number of amides is 1. The molecule has 0 radical (unpaired) electrons. The Kier molecular flexibility index (Phi) is 7.27. The van der Waals surface area contributed by atoms with E-state index < -0.39 is 0 Å². The standard InChI is InChI=1S/C22H32N2O2S/c1-16(2)15-24-12-7-6-8-17(24)14-19-18-9-4-5-10-20(18)27-21(19)22(25)23-11-13-26-3/h4-5,9-10,16-17H,6-8,11-15H2,1-3H3,(H,23,25)/t17-/m1/s1. The smallest absolute Gasteiger partial charge is 0.261 e. The van der Waals surface area contributed by atoms with Crippen molar-refractivity contribution in [2.45, 2.75) is 45.6 Å². The number of rotatable bonds is 8. The number of thiophene rings is 1. The highest BCUT2D eigenvalue weighted by Gasteiger charge is 2.27. The van der Waals surface area contributed by atoms with Crippen LogP contribution in [0, 0.1) is 5.92 Å². The average molecular weight is 389 g/mol. The number of fused-ring (bicyclic) bond motifs is 1. The zero-order chi connectivity index (χ0) is 19.2. The number of carbonyl (C=O) groups excluding carboxylic acids is 1. The minimum Gasteiger partial charge on any atom is -0.383 e. The average Bonchev–Trinajstić information content (AvgIpc) is 3.02. The van der Waals surface area contributed by atoms with Gasteiger partial charge in [0.15, 0.2) is 0 Å². The van der Waals surface area contributed by atoms with Crippen LogP contribution in [0.1, 0.15) is 48.3 Å². The van der Waals surface area contributed by atoms with Crippen LogP contribution in [0.3, 0.4) is 0 Å². The fourth-order valence-corrected chi connectivity index (χ4v) is 5.22. The molecule has 5 heteroatoms. The first kappa shape index (κ1) is 20.3. The molecule has 4 nitrogen and oxygen atoms in total. The van der Waals surface area contributed by atoms with Crippen LogP contribution in [0.2, 0.25) is 0 Å². The minimum atomic E-state index is 0.0365. The Morgan fingerprint density at radius 2 is 2.15 bits per heavy atom. The van der Waals surface area contributed by atoms with Crippen molar-refractivity contribution in [3.05, 3.63) is 34.7 Å². The van der Waals surface area contributed by atoms with Crippen molar-refractivity contribution >= 4 is 27.3 Å². The lowest BCUT2D eigenvalue weighted by Gasteiger charge is -2.37. The first-order valence-electron chi connectivity index (χ1n) is 10.1. The van der Waals surface area contributed by atoms with E-state index in [0.29, 0.717) is 25.1 Å². The topological polar surface area (TPSA) is 41.6 Å². The number of nitrogens with zero attached hydrogens (tertiary/aromatic N) is 1. The summed E-state index contributed by atoms with van der Waals surface area (Å²) in [5, 5.41) is 4.26. The normalized spacial score (nSPS) is 18.3. The van der Waals surface area contributed by atoms with E-state index in [1.54, 1.807) is 18.4 Å². The first-order chi connectivity index (χ1) is 13.1. The Morgan fingerprint density at radius 3 is 2.93 bits per heavy atom. The molecule has 1 atom stereocenters. The van der Waals surface area contributed by atoms with Crippen LogP contribution in [-0.2, 0) is 11.2 Å². The number of nitrogens with one attached hydrogen (secondary N) is 1. The van der Waals surface area contributed by atoms with Crippen molar-refractivity contribution in [1.29, 1.82) is 0 Å². The van der Waals surface area contributed by atoms with Crippen molar-refractivity contribution in [2.24, 2.45) is 5.92 Å². The number of benzene rings is 1. The summed E-state index contributed by atoms with van der Waals surface area (Å²) in [6.07, 6.45) is 4.76. The van der Waals surface area contributed by atoms with Gasteiger partial charge in [0.05, 0.1) is 11.5 Å². The molecule has 1 aromatic carbocycles. The highest BCUT2D eigenvalue weighted by Crippen LogP contribution is 2.34. The van der Waals surface area contributed by atoms with Gasteiger partial charge < -0.3 is 10.1 Å². The minimum absolute atomic E-state index is 0.0365. The highest BCUT2D eigenvalue weighted by atomic mass is 32.1. The Labute approximate surface area is 166 Å². The molecule has 2 heterocycles. The van der Waals surface area contributed by atoms with Crippen LogP contribution in [0.25, 0.3) is 10.1 Å². The molecule has 3 rings (SSSR count). The summed E-state index contributed by atoms with van der Waals surface area (Å²) in [6.45, 7) is 7.99. The second kappa shape index (κ2) is 9.67. The Balaban J connectivity index is 1.87. The molecule has 1 aliphatic heterocycles. The second-order valence-corrected chi connectivity index (χ2v) is 8.95. The lowest BCUT2D eigenvalue weighted by atomic mass is 9.93. The molecule has 1 aliphatic rings. The lowest BCUT2D eigenvalue weighted by Crippen LogP contribution is -2.43. The summed E-state index contributed by atoms with van der Waals surface area (Å²) >= 11 is 1.62. The van der Waals surface area contributed by atoms with E-state index in [2.05, 4.69) is 48.3 Å². The number of hydrogen-bond acceptors (Lipinski definition) is 4. The van der Waals surface area contributed by atoms with Crippen molar-refractivity contribution < 1.29 is 9.53 Å². The highest BCUT2D eigenvalue weighted by molar-refractivity contribution is 7.21. The van der Waals surface area contributed by atoms with Gasteiger partial charge in [-0.1, -0.05) is 38.5 Å². The fourth-order valence-electron chi connectivity index (χ4n) is 4.07. The number of ether oxygens (including phenoxy) is 1. The Hall–Kier alpha value is -1.43.